The Morgan fingerprint density at radius 3 is 2.16 bits per heavy atom. The Bertz CT molecular complexity index is 848. The minimum Gasteiger partial charge on any atom is -0.489 e. The van der Waals surface area contributed by atoms with Crippen molar-refractivity contribution in [1.29, 1.82) is 0 Å². The van der Waals surface area contributed by atoms with E-state index in [0.717, 1.165) is 35.8 Å². The maximum Gasteiger partial charge on any atom is 0.330 e. The number of carboxylic acids is 2. The molecule has 0 atom stereocenters. The quantitative estimate of drug-likeness (QED) is 0.328. The van der Waals surface area contributed by atoms with Gasteiger partial charge in [0.05, 0.1) is 0 Å². The first-order valence-electron chi connectivity index (χ1n) is 10.4. The van der Waals surface area contributed by atoms with E-state index in [1.54, 1.807) is 6.08 Å². The summed E-state index contributed by atoms with van der Waals surface area (Å²) in [5, 5.41) is 17.0. The second kappa shape index (κ2) is 14.6. The van der Waals surface area contributed by atoms with Crippen molar-refractivity contribution in [1.82, 2.24) is 0 Å². The van der Waals surface area contributed by atoms with Crippen LogP contribution in [0.2, 0.25) is 0 Å². The van der Waals surface area contributed by atoms with Gasteiger partial charge in [-0.25, -0.2) is 9.59 Å². The summed E-state index contributed by atoms with van der Waals surface area (Å²) in [6.07, 6.45) is 7.73. The molecule has 0 amide bonds. The largest absolute Gasteiger partial charge is 0.489 e. The summed E-state index contributed by atoms with van der Waals surface area (Å²) >= 11 is 0. The summed E-state index contributed by atoms with van der Waals surface area (Å²) in [6, 6.07) is 15.5. The van der Waals surface area contributed by atoms with Gasteiger partial charge in [0.25, 0.3) is 0 Å². The van der Waals surface area contributed by atoms with E-state index in [1.807, 2.05) is 43.3 Å². The van der Waals surface area contributed by atoms with Crippen LogP contribution in [0.1, 0.15) is 55.7 Å². The lowest BCUT2D eigenvalue weighted by Crippen LogP contribution is -1.98. The standard InChI is InChI=1S/C17H16O3.C9H16O2/c1-13-2-4-15(5-3-13)12-20-16-9-6-14(7-10-16)8-11-17(18)19;1-3-4-5-6-7-8(2)9(10)11/h2-11H,12H2,1H3,(H,18,19);2-7H2,1H3,(H,10,11). The van der Waals surface area contributed by atoms with Crippen molar-refractivity contribution in [3.8, 4) is 5.75 Å². The first-order valence-corrected chi connectivity index (χ1v) is 10.4. The highest BCUT2D eigenvalue weighted by molar-refractivity contribution is 5.85. The zero-order valence-corrected chi connectivity index (χ0v) is 18.3. The molecule has 5 nitrogen and oxygen atoms in total. The van der Waals surface area contributed by atoms with Gasteiger partial charge >= 0.3 is 11.9 Å². The molecule has 0 radical (unpaired) electrons. The molecule has 0 aliphatic carbocycles. The number of aryl methyl sites for hydroxylation is 1. The second-order valence-corrected chi connectivity index (χ2v) is 7.23. The van der Waals surface area contributed by atoms with E-state index in [1.165, 1.54) is 18.4 Å². The smallest absolute Gasteiger partial charge is 0.330 e. The fourth-order valence-electron chi connectivity index (χ4n) is 2.57. The fourth-order valence-corrected chi connectivity index (χ4v) is 2.57. The Kier molecular flexibility index (Phi) is 12.1. The first-order chi connectivity index (χ1) is 14.8. The third-order valence-corrected chi connectivity index (χ3v) is 4.46. The number of ether oxygens (including phenoxy) is 1. The third kappa shape index (κ3) is 12.1. The predicted octanol–water partition coefficient (Wildman–Crippen LogP) is 6.27. The highest BCUT2D eigenvalue weighted by atomic mass is 16.5. The molecule has 166 valence electrons. The molecule has 0 aromatic heterocycles. The van der Waals surface area contributed by atoms with Gasteiger partial charge in [-0.1, -0.05) is 74.7 Å². The van der Waals surface area contributed by atoms with Crippen molar-refractivity contribution in [2.24, 2.45) is 0 Å². The van der Waals surface area contributed by atoms with E-state index in [4.69, 9.17) is 14.9 Å². The molecule has 5 heteroatoms. The Balaban J connectivity index is 0.000000373. The van der Waals surface area contributed by atoms with E-state index < -0.39 is 11.9 Å². The summed E-state index contributed by atoms with van der Waals surface area (Å²) in [5.41, 5.74) is 3.50. The molecular weight excluding hydrogens is 392 g/mol. The number of aliphatic carboxylic acids is 2. The lowest BCUT2D eigenvalue weighted by Gasteiger charge is -2.06. The molecular formula is C26H32O5. The van der Waals surface area contributed by atoms with E-state index in [9.17, 15) is 9.59 Å². The number of carboxylic acid groups (broad SMARTS) is 2. The van der Waals surface area contributed by atoms with Crippen LogP contribution in [0.5, 0.6) is 5.75 Å². The van der Waals surface area contributed by atoms with Crippen molar-refractivity contribution >= 4 is 18.0 Å². The van der Waals surface area contributed by atoms with Gasteiger partial charge in [-0.15, -0.1) is 0 Å². The number of carbonyl (C=O) groups is 2. The first kappa shape index (κ1) is 25.7. The summed E-state index contributed by atoms with van der Waals surface area (Å²) in [4.78, 5) is 20.7. The average molecular weight is 425 g/mol. The average Bonchev–Trinajstić information content (AvgIpc) is 2.76. The summed E-state index contributed by atoms with van der Waals surface area (Å²) in [5.74, 6) is -1.05. The summed E-state index contributed by atoms with van der Waals surface area (Å²) in [7, 11) is 0. The fraction of sp³-hybridized carbons (Fsp3) is 0.308. The topological polar surface area (TPSA) is 83.8 Å². The van der Waals surface area contributed by atoms with Gasteiger partial charge in [0, 0.05) is 11.6 Å². The molecule has 2 aromatic rings. The molecule has 0 bridgehead atoms. The van der Waals surface area contributed by atoms with Gasteiger partial charge in [0.1, 0.15) is 12.4 Å². The van der Waals surface area contributed by atoms with Crippen LogP contribution in [0, 0.1) is 6.92 Å². The molecule has 0 fully saturated rings. The molecule has 31 heavy (non-hydrogen) atoms. The van der Waals surface area contributed by atoms with Crippen molar-refractivity contribution in [2.45, 2.75) is 52.6 Å². The van der Waals surface area contributed by atoms with Gasteiger partial charge in [-0.2, -0.15) is 0 Å². The number of rotatable bonds is 11. The van der Waals surface area contributed by atoms with Crippen LogP contribution in [0.25, 0.3) is 6.08 Å². The Hall–Kier alpha value is -3.34. The van der Waals surface area contributed by atoms with Crippen LogP contribution in [-0.2, 0) is 16.2 Å². The lowest BCUT2D eigenvalue weighted by atomic mass is 10.1. The van der Waals surface area contributed by atoms with Crippen LogP contribution >= 0.6 is 0 Å². The van der Waals surface area contributed by atoms with E-state index >= 15 is 0 Å². The van der Waals surface area contributed by atoms with E-state index in [-0.39, 0.29) is 0 Å². The molecule has 0 heterocycles. The zero-order chi connectivity index (χ0) is 23.1. The molecule has 2 aromatic carbocycles. The number of unbranched alkanes of at least 4 members (excludes halogenated alkanes) is 3. The van der Waals surface area contributed by atoms with E-state index in [2.05, 4.69) is 25.6 Å². The SMILES string of the molecule is C=C(CCCCCC)C(=O)O.Cc1ccc(COc2ccc(C=CC(=O)O)cc2)cc1. The number of hydrogen-bond donors (Lipinski definition) is 2. The van der Waals surface area contributed by atoms with E-state index in [0.29, 0.717) is 18.6 Å². The second-order valence-electron chi connectivity index (χ2n) is 7.23. The van der Waals surface area contributed by atoms with Crippen LogP contribution in [0.4, 0.5) is 0 Å². The van der Waals surface area contributed by atoms with Gasteiger partial charge in [-0.05, 0) is 49.1 Å². The normalized spacial score (nSPS) is 10.3. The monoisotopic (exact) mass is 424 g/mol. The number of hydrogen-bond acceptors (Lipinski definition) is 3. The molecule has 0 aliphatic rings. The minimum atomic E-state index is -0.954. The van der Waals surface area contributed by atoms with Crippen molar-refractivity contribution in [3.63, 3.8) is 0 Å². The highest BCUT2D eigenvalue weighted by Crippen LogP contribution is 2.15. The van der Waals surface area contributed by atoms with Crippen LogP contribution in [0.15, 0.2) is 66.8 Å². The Labute approximate surface area is 184 Å². The number of benzene rings is 2. The maximum absolute atomic E-state index is 10.4. The van der Waals surface area contributed by atoms with Gasteiger partial charge in [0.2, 0.25) is 0 Å². The molecule has 0 saturated heterocycles. The van der Waals surface area contributed by atoms with Gasteiger partial charge in [0.15, 0.2) is 0 Å². The molecule has 2 N–H and O–H groups in total. The molecule has 0 unspecified atom stereocenters. The Morgan fingerprint density at radius 2 is 1.61 bits per heavy atom. The third-order valence-electron chi connectivity index (χ3n) is 4.46. The van der Waals surface area contributed by atoms with Crippen LogP contribution < -0.4 is 4.74 Å². The van der Waals surface area contributed by atoms with Gasteiger partial charge < -0.3 is 14.9 Å². The maximum atomic E-state index is 10.4. The van der Waals surface area contributed by atoms with Crippen LogP contribution in [-0.4, -0.2) is 22.2 Å². The molecule has 0 saturated carbocycles. The van der Waals surface area contributed by atoms with Crippen LogP contribution in [0.3, 0.4) is 0 Å². The summed E-state index contributed by atoms with van der Waals surface area (Å²) in [6.45, 7) is 8.15. The summed E-state index contributed by atoms with van der Waals surface area (Å²) < 4.78 is 5.67. The van der Waals surface area contributed by atoms with Gasteiger partial charge in [-0.3, -0.25) is 0 Å². The Morgan fingerprint density at radius 1 is 0.968 bits per heavy atom. The van der Waals surface area contributed by atoms with Crippen molar-refractivity contribution in [3.05, 3.63) is 83.4 Å². The van der Waals surface area contributed by atoms with Crippen molar-refractivity contribution < 1.29 is 24.5 Å². The zero-order valence-electron chi connectivity index (χ0n) is 18.3. The lowest BCUT2D eigenvalue weighted by molar-refractivity contribution is -0.133. The predicted molar refractivity (Wildman–Crippen MR) is 124 cm³/mol. The minimum absolute atomic E-state index is 0.334. The molecule has 0 spiro atoms. The highest BCUT2D eigenvalue weighted by Gasteiger charge is 2.01. The van der Waals surface area contributed by atoms with Crippen molar-refractivity contribution in [2.75, 3.05) is 0 Å². The molecule has 0 aliphatic heterocycles. The molecule has 2 rings (SSSR count).